The third kappa shape index (κ3) is 4.10. The number of nitrogens with one attached hydrogen (secondary N) is 2. The molecule has 2 N–H and O–H groups in total. The summed E-state index contributed by atoms with van der Waals surface area (Å²) in [6.07, 6.45) is 1.36. The third-order valence-electron chi connectivity index (χ3n) is 4.33. The number of rotatable bonds is 3. The Kier molecular flexibility index (Phi) is 5.08. The number of carbonyl (C=O) groups excluding carboxylic acids is 2. The number of benzene rings is 1. The number of fused-ring (bicyclic) bond motifs is 1. The molecule has 7 nitrogen and oxygen atoms in total. The molecule has 1 atom stereocenters. The van der Waals surface area contributed by atoms with Crippen LogP contribution in [0.4, 0.5) is 4.79 Å². The van der Waals surface area contributed by atoms with Crippen molar-refractivity contribution in [2.24, 2.45) is 0 Å². The van der Waals surface area contributed by atoms with E-state index in [0.29, 0.717) is 32.0 Å². The van der Waals surface area contributed by atoms with Gasteiger partial charge in [-0.3, -0.25) is 4.79 Å². The Balaban J connectivity index is 1.38. The highest BCUT2D eigenvalue weighted by atomic mass is 16.6. The van der Waals surface area contributed by atoms with Gasteiger partial charge in [-0.1, -0.05) is 12.1 Å². The number of nitrogens with zero attached hydrogens (tertiary/aromatic N) is 1. The van der Waals surface area contributed by atoms with Crippen LogP contribution >= 0.6 is 0 Å². The molecule has 0 aromatic heterocycles. The lowest BCUT2D eigenvalue weighted by Gasteiger charge is -2.32. The normalized spacial score (nSPS) is 20.4. The molecule has 1 saturated heterocycles. The average Bonchev–Trinajstić information content (AvgIpc) is 2.60. The highest BCUT2D eigenvalue weighted by molar-refractivity contribution is 5.75. The molecule has 0 saturated carbocycles. The van der Waals surface area contributed by atoms with Crippen molar-refractivity contribution in [1.82, 2.24) is 15.5 Å². The molecule has 2 heterocycles. The largest absolute Gasteiger partial charge is 0.486 e. The van der Waals surface area contributed by atoms with Crippen LogP contribution in [0.2, 0.25) is 0 Å². The molecule has 0 radical (unpaired) electrons. The van der Waals surface area contributed by atoms with E-state index >= 15 is 0 Å². The maximum absolute atomic E-state index is 12.0. The van der Waals surface area contributed by atoms with Gasteiger partial charge in [0.25, 0.3) is 0 Å². The fraction of sp³-hybridized carbons (Fsp3) is 0.529. The number of hydrogen-bond donors (Lipinski definition) is 2. The zero-order valence-corrected chi connectivity index (χ0v) is 13.8. The van der Waals surface area contributed by atoms with Crippen LogP contribution in [0.5, 0.6) is 11.5 Å². The highest BCUT2D eigenvalue weighted by Crippen LogP contribution is 2.30. The molecule has 2 aliphatic rings. The van der Waals surface area contributed by atoms with E-state index in [1.165, 1.54) is 0 Å². The van der Waals surface area contributed by atoms with E-state index in [9.17, 15) is 9.59 Å². The predicted octanol–water partition coefficient (Wildman–Crippen LogP) is 1.14. The van der Waals surface area contributed by atoms with E-state index in [0.717, 1.165) is 18.6 Å². The van der Waals surface area contributed by atoms with Crippen molar-refractivity contribution in [3.63, 3.8) is 0 Å². The van der Waals surface area contributed by atoms with Gasteiger partial charge in [-0.25, -0.2) is 4.79 Å². The molecule has 24 heavy (non-hydrogen) atoms. The van der Waals surface area contributed by atoms with Crippen LogP contribution in [0, 0.1) is 0 Å². The summed E-state index contributed by atoms with van der Waals surface area (Å²) in [5.41, 5.74) is 0. The summed E-state index contributed by atoms with van der Waals surface area (Å²) >= 11 is 0. The number of carbonyl (C=O) groups is 2. The average molecular weight is 333 g/mol. The Morgan fingerprint density at radius 3 is 2.62 bits per heavy atom. The van der Waals surface area contributed by atoms with Gasteiger partial charge in [-0.2, -0.15) is 0 Å². The second-order valence-electron chi connectivity index (χ2n) is 6.13. The van der Waals surface area contributed by atoms with Crippen LogP contribution in [-0.4, -0.2) is 55.2 Å². The van der Waals surface area contributed by atoms with Crippen LogP contribution in [0.25, 0.3) is 0 Å². The molecular weight excluding hydrogens is 310 g/mol. The van der Waals surface area contributed by atoms with Crippen LogP contribution < -0.4 is 20.1 Å². The second-order valence-corrected chi connectivity index (χ2v) is 6.13. The first kappa shape index (κ1) is 16.4. The molecule has 1 aromatic rings. The minimum Gasteiger partial charge on any atom is -0.486 e. The summed E-state index contributed by atoms with van der Waals surface area (Å²) in [5.74, 6) is 1.52. The molecule has 130 valence electrons. The van der Waals surface area contributed by atoms with Gasteiger partial charge >= 0.3 is 6.03 Å². The van der Waals surface area contributed by atoms with Gasteiger partial charge in [0.05, 0.1) is 6.54 Å². The number of urea groups is 1. The molecule has 0 bridgehead atoms. The summed E-state index contributed by atoms with van der Waals surface area (Å²) in [7, 11) is 0. The fourth-order valence-electron chi connectivity index (χ4n) is 2.95. The lowest BCUT2D eigenvalue weighted by Crippen LogP contribution is -2.50. The Hall–Kier alpha value is -2.44. The number of amides is 3. The Morgan fingerprint density at radius 2 is 1.92 bits per heavy atom. The highest BCUT2D eigenvalue weighted by Gasteiger charge is 2.24. The van der Waals surface area contributed by atoms with Crippen molar-refractivity contribution in [3.05, 3.63) is 24.3 Å². The Morgan fingerprint density at radius 1 is 1.21 bits per heavy atom. The topological polar surface area (TPSA) is 79.9 Å². The van der Waals surface area contributed by atoms with Gasteiger partial charge in [0.15, 0.2) is 17.6 Å². The first-order chi connectivity index (χ1) is 11.6. The van der Waals surface area contributed by atoms with Crippen molar-refractivity contribution < 1.29 is 19.1 Å². The first-order valence-corrected chi connectivity index (χ1v) is 8.30. The number of para-hydroxylation sites is 2. The van der Waals surface area contributed by atoms with E-state index in [4.69, 9.17) is 9.47 Å². The van der Waals surface area contributed by atoms with E-state index < -0.39 is 0 Å². The van der Waals surface area contributed by atoms with Crippen LogP contribution in [0.1, 0.15) is 19.8 Å². The fourth-order valence-corrected chi connectivity index (χ4v) is 2.95. The van der Waals surface area contributed by atoms with Gasteiger partial charge in [0.1, 0.15) is 6.61 Å². The standard InChI is InChI=1S/C17H23N3O4/c1-12(21)20-8-6-13(7-9-20)19-17(22)18-10-14-11-23-15-4-2-3-5-16(15)24-14/h2-5,13-14H,6-11H2,1H3,(H2,18,19,22)/t14-/m1/s1. The number of likely N-dealkylation sites (tertiary alicyclic amines) is 1. The third-order valence-corrected chi connectivity index (χ3v) is 4.33. The summed E-state index contributed by atoms with van der Waals surface area (Å²) in [5, 5.41) is 5.78. The van der Waals surface area contributed by atoms with Gasteiger partial charge in [0.2, 0.25) is 5.91 Å². The van der Waals surface area contributed by atoms with E-state index in [-0.39, 0.29) is 24.1 Å². The maximum atomic E-state index is 12.0. The van der Waals surface area contributed by atoms with Gasteiger partial charge in [0, 0.05) is 26.1 Å². The summed E-state index contributed by atoms with van der Waals surface area (Å²) in [6, 6.07) is 7.39. The molecule has 3 amide bonds. The molecular formula is C17H23N3O4. The van der Waals surface area contributed by atoms with E-state index in [2.05, 4.69) is 10.6 Å². The van der Waals surface area contributed by atoms with Gasteiger partial charge in [-0.15, -0.1) is 0 Å². The predicted molar refractivity (Wildman–Crippen MR) is 88.2 cm³/mol. The SMILES string of the molecule is CC(=O)N1CCC(NC(=O)NC[C@@H]2COc3ccccc3O2)CC1. The van der Waals surface area contributed by atoms with Crippen LogP contribution in [0.3, 0.4) is 0 Å². The smallest absolute Gasteiger partial charge is 0.315 e. The van der Waals surface area contributed by atoms with Crippen LogP contribution in [0.15, 0.2) is 24.3 Å². The first-order valence-electron chi connectivity index (χ1n) is 8.30. The van der Waals surface area contributed by atoms with E-state index in [1.54, 1.807) is 11.8 Å². The Labute approximate surface area is 141 Å². The molecule has 3 rings (SSSR count). The zero-order chi connectivity index (χ0) is 16.9. The quantitative estimate of drug-likeness (QED) is 0.869. The molecule has 1 fully saturated rings. The summed E-state index contributed by atoms with van der Waals surface area (Å²) in [4.78, 5) is 25.1. The van der Waals surface area contributed by atoms with E-state index in [1.807, 2.05) is 24.3 Å². The monoisotopic (exact) mass is 333 g/mol. The zero-order valence-electron chi connectivity index (χ0n) is 13.8. The molecule has 0 unspecified atom stereocenters. The molecule has 7 heteroatoms. The number of hydrogen-bond acceptors (Lipinski definition) is 4. The molecule has 1 aromatic carbocycles. The number of ether oxygens (including phenoxy) is 2. The van der Waals surface area contributed by atoms with Gasteiger partial charge < -0.3 is 25.0 Å². The maximum Gasteiger partial charge on any atom is 0.315 e. The molecule has 2 aliphatic heterocycles. The van der Waals surface area contributed by atoms with Gasteiger partial charge in [-0.05, 0) is 25.0 Å². The van der Waals surface area contributed by atoms with Crippen molar-refractivity contribution in [1.29, 1.82) is 0 Å². The van der Waals surface area contributed by atoms with Crippen molar-refractivity contribution in [3.8, 4) is 11.5 Å². The summed E-state index contributed by atoms with van der Waals surface area (Å²) < 4.78 is 11.4. The van der Waals surface area contributed by atoms with Crippen molar-refractivity contribution in [2.45, 2.75) is 31.9 Å². The minimum absolute atomic E-state index is 0.0904. The van der Waals surface area contributed by atoms with Crippen molar-refractivity contribution in [2.75, 3.05) is 26.2 Å². The second kappa shape index (κ2) is 7.42. The number of piperidine rings is 1. The summed E-state index contributed by atoms with van der Waals surface area (Å²) in [6.45, 7) is 3.75. The molecule has 0 aliphatic carbocycles. The lowest BCUT2D eigenvalue weighted by molar-refractivity contribution is -0.129. The Bertz CT molecular complexity index is 599. The molecule has 0 spiro atoms. The van der Waals surface area contributed by atoms with Crippen LogP contribution in [-0.2, 0) is 4.79 Å². The lowest BCUT2D eigenvalue weighted by atomic mass is 10.1. The minimum atomic E-state index is -0.210. The van der Waals surface area contributed by atoms with Crippen molar-refractivity contribution >= 4 is 11.9 Å².